The molecule has 1 N–H and O–H groups in total. The first-order chi connectivity index (χ1) is 17.0. The molecule has 0 spiro atoms. The van der Waals surface area contributed by atoms with Gasteiger partial charge >= 0.3 is 0 Å². The summed E-state index contributed by atoms with van der Waals surface area (Å²) in [5.74, 6) is -1.28. The quantitative estimate of drug-likeness (QED) is 0.341. The molecule has 7 heteroatoms. The first-order valence-corrected chi connectivity index (χ1v) is 12.1. The van der Waals surface area contributed by atoms with Crippen molar-refractivity contribution in [2.24, 2.45) is 0 Å². The Labute approximate surface area is 210 Å². The number of nitrogens with one attached hydrogen (secondary N) is 1. The lowest BCUT2D eigenvalue weighted by molar-refractivity contribution is -0.142. The van der Waals surface area contributed by atoms with Gasteiger partial charge in [0.15, 0.2) is 18.2 Å². The molecule has 0 aliphatic heterocycles. The first kappa shape index (κ1) is 26.2. The Morgan fingerprint density at radius 3 is 2.40 bits per heavy atom. The maximum atomic E-state index is 14.1. The Hall–Kier alpha value is -3.38. The van der Waals surface area contributed by atoms with E-state index < -0.39 is 24.4 Å². The highest BCUT2D eigenvalue weighted by molar-refractivity contribution is 6.31. The molecule has 0 aromatic heterocycles. The molecule has 0 radical (unpaired) electrons. The van der Waals surface area contributed by atoms with Crippen LogP contribution in [0, 0.1) is 5.82 Å². The number of benzene rings is 3. The number of rotatable bonds is 12. The Balaban J connectivity index is 1.90. The Kier molecular flexibility index (Phi) is 10.1. The van der Waals surface area contributed by atoms with Crippen molar-refractivity contribution in [1.29, 1.82) is 0 Å². The van der Waals surface area contributed by atoms with Gasteiger partial charge in [-0.05, 0) is 35.7 Å². The van der Waals surface area contributed by atoms with E-state index in [1.54, 1.807) is 24.3 Å². The molecule has 3 rings (SSSR count). The van der Waals surface area contributed by atoms with Crippen LogP contribution in [0.25, 0.3) is 0 Å². The molecule has 0 saturated carbocycles. The molecule has 3 aromatic carbocycles. The monoisotopic (exact) mass is 496 g/mol. The van der Waals surface area contributed by atoms with Crippen LogP contribution in [0.3, 0.4) is 0 Å². The van der Waals surface area contributed by atoms with Crippen molar-refractivity contribution < 1.29 is 18.7 Å². The first-order valence-electron chi connectivity index (χ1n) is 11.7. The van der Waals surface area contributed by atoms with E-state index in [0.29, 0.717) is 23.6 Å². The number of ether oxygens (including phenoxy) is 1. The number of halogens is 2. The van der Waals surface area contributed by atoms with Crippen molar-refractivity contribution >= 4 is 23.4 Å². The maximum Gasteiger partial charge on any atom is 0.261 e. The number of amides is 2. The minimum Gasteiger partial charge on any atom is -0.481 e. The van der Waals surface area contributed by atoms with E-state index in [1.165, 1.54) is 17.0 Å². The molecule has 0 saturated heterocycles. The van der Waals surface area contributed by atoms with Gasteiger partial charge in [0.25, 0.3) is 5.91 Å². The fraction of sp³-hybridized carbons (Fsp3) is 0.286. The van der Waals surface area contributed by atoms with E-state index in [2.05, 4.69) is 5.32 Å². The summed E-state index contributed by atoms with van der Waals surface area (Å²) in [6.45, 7) is 2.25. The minimum absolute atomic E-state index is 0.0226. The second-order valence-electron chi connectivity index (χ2n) is 8.18. The van der Waals surface area contributed by atoms with Crippen LogP contribution in [0.2, 0.25) is 5.02 Å². The summed E-state index contributed by atoms with van der Waals surface area (Å²) in [7, 11) is 0. The SMILES string of the molecule is CCCCNC(=O)C(Cc1ccccc1)N(Cc1ccccc1Cl)C(=O)COc1ccccc1F. The fourth-order valence-electron chi connectivity index (χ4n) is 3.65. The van der Waals surface area contributed by atoms with Crippen LogP contribution in [-0.4, -0.2) is 35.9 Å². The molecule has 0 heterocycles. The summed E-state index contributed by atoms with van der Waals surface area (Å²) >= 11 is 6.39. The Bertz CT molecular complexity index is 1110. The number of hydrogen-bond donors (Lipinski definition) is 1. The predicted molar refractivity (Wildman–Crippen MR) is 136 cm³/mol. The van der Waals surface area contributed by atoms with E-state index in [4.69, 9.17) is 16.3 Å². The highest BCUT2D eigenvalue weighted by Crippen LogP contribution is 2.21. The average Bonchev–Trinajstić information content (AvgIpc) is 2.87. The van der Waals surface area contributed by atoms with Crippen molar-refractivity contribution in [3.63, 3.8) is 0 Å². The van der Waals surface area contributed by atoms with Gasteiger partial charge in [0, 0.05) is 24.5 Å². The van der Waals surface area contributed by atoms with Crippen molar-refractivity contribution in [1.82, 2.24) is 10.2 Å². The molecule has 0 fully saturated rings. The topological polar surface area (TPSA) is 58.6 Å². The second-order valence-corrected chi connectivity index (χ2v) is 8.59. The van der Waals surface area contributed by atoms with Crippen LogP contribution >= 0.6 is 11.6 Å². The normalized spacial score (nSPS) is 11.5. The lowest BCUT2D eigenvalue weighted by Gasteiger charge is -2.31. The standard InChI is InChI=1S/C28H30ClFN2O3/c1-2-3-17-31-28(34)25(18-21-11-5-4-6-12-21)32(19-22-13-7-8-14-23(22)29)27(33)20-35-26-16-10-9-15-24(26)30/h4-16,25H,2-3,17-20H2,1H3,(H,31,34). The minimum atomic E-state index is -0.803. The van der Waals surface area contributed by atoms with E-state index in [1.807, 2.05) is 49.4 Å². The van der Waals surface area contributed by atoms with Crippen molar-refractivity contribution in [2.75, 3.05) is 13.2 Å². The van der Waals surface area contributed by atoms with Gasteiger partial charge in [0.05, 0.1) is 0 Å². The van der Waals surface area contributed by atoms with E-state index in [9.17, 15) is 14.0 Å². The molecule has 0 aliphatic carbocycles. The van der Waals surface area contributed by atoms with Crippen molar-refractivity contribution in [3.05, 3.63) is 101 Å². The summed E-state index contributed by atoms with van der Waals surface area (Å²) in [6.07, 6.45) is 2.08. The molecular formula is C28H30ClFN2O3. The number of unbranched alkanes of at least 4 members (excludes halogenated alkanes) is 1. The fourth-order valence-corrected chi connectivity index (χ4v) is 3.85. The lowest BCUT2D eigenvalue weighted by atomic mass is 10.0. The molecule has 1 unspecified atom stereocenters. The van der Waals surface area contributed by atoms with E-state index in [-0.39, 0.29) is 18.2 Å². The molecule has 3 aromatic rings. The summed E-state index contributed by atoms with van der Waals surface area (Å²) in [5, 5.41) is 3.45. The Morgan fingerprint density at radius 1 is 1.00 bits per heavy atom. The number of para-hydroxylation sites is 1. The van der Waals surface area contributed by atoms with Crippen LogP contribution in [0.4, 0.5) is 4.39 Å². The van der Waals surface area contributed by atoms with Gasteiger partial charge in [-0.25, -0.2) is 4.39 Å². The molecule has 184 valence electrons. The van der Waals surface area contributed by atoms with Crippen LogP contribution in [0.1, 0.15) is 30.9 Å². The van der Waals surface area contributed by atoms with Gasteiger partial charge in [-0.15, -0.1) is 0 Å². The molecule has 5 nitrogen and oxygen atoms in total. The van der Waals surface area contributed by atoms with E-state index >= 15 is 0 Å². The summed E-state index contributed by atoms with van der Waals surface area (Å²) in [6, 6.07) is 21.8. The third kappa shape index (κ3) is 7.82. The summed E-state index contributed by atoms with van der Waals surface area (Å²) in [4.78, 5) is 28.3. The zero-order chi connectivity index (χ0) is 25.0. The molecule has 0 aliphatic rings. The number of carbonyl (C=O) groups is 2. The zero-order valence-electron chi connectivity index (χ0n) is 19.8. The highest BCUT2D eigenvalue weighted by Gasteiger charge is 2.31. The summed E-state index contributed by atoms with van der Waals surface area (Å²) in [5.41, 5.74) is 1.61. The molecule has 1 atom stereocenters. The third-order valence-corrected chi connectivity index (χ3v) is 5.96. The molecule has 35 heavy (non-hydrogen) atoms. The average molecular weight is 497 g/mol. The zero-order valence-corrected chi connectivity index (χ0v) is 20.5. The lowest BCUT2D eigenvalue weighted by Crippen LogP contribution is -2.51. The third-order valence-electron chi connectivity index (χ3n) is 5.59. The van der Waals surface area contributed by atoms with Gasteiger partial charge in [-0.1, -0.05) is 85.6 Å². The van der Waals surface area contributed by atoms with Gasteiger partial charge in [0.1, 0.15) is 6.04 Å². The number of carbonyl (C=O) groups excluding carboxylic acids is 2. The number of hydrogen-bond acceptors (Lipinski definition) is 3. The maximum absolute atomic E-state index is 14.1. The van der Waals surface area contributed by atoms with Crippen molar-refractivity contribution in [2.45, 2.75) is 38.8 Å². The Morgan fingerprint density at radius 2 is 1.69 bits per heavy atom. The van der Waals surface area contributed by atoms with Gasteiger partial charge < -0.3 is 15.0 Å². The largest absolute Gasteiger partial charge is 0.481 e. The highest BCUT2D eigenvalue weighted by atomic mass is 35.5. The van der Waals surface area contributed by atoms with Crippen LogP contribution in [-0.2, 0) is 22.6 Å². The van der Waals surface area contributed by atoms with Gasteiger partial charge in [-0.3, -0.25) is 9.59 Å². The van der Waals surface area contributed by atoms with Crippen LogP contribution in [0.15, 0.2) is 78.9 Å². The smallest absolute Gasteiger partial charge is 0.261 e. The second kappa shape index (κ2) is 13.5. The van der Waals surface area contributed by atoms with Gasteiger partial charge in [-0.2, -0.15) is 0 Å². The molecular weight excluding hydrogens is 467 g/mol. The molecule has 0 bridgehead atoms. The summed E-state index contributed by atoms with van der Waals surface area (Å²) < 4.78 is 19.6. The van der Waals surface area contributed by atoms with Crippen molar-refractivity contribution in [3.8, 4) is 5.75 Å². The molecule has 2 amide bonds. The van der Waals surface area contributed by atoms with Crippen LogP contribution < -0.4 is 10.1 Å². The number of nitrogens with zero attached hydrogens (tertiary/aromatic N) is 1. The predicted octanol–water partition coefficient (Wildman–Crippen LogP) is 5.41. The van der Waals surface area contributed by atoms with Crippen LogP contribution in [0.5, 0.6) is 5.75 Å². The van der Waals surface area contributed by atoms with Gasteiger partial charge in [0.2, 0.25) is 5.91 Å². The van der Waals surface area contributed by atoms with E-state index in [0.717, 1.165) is 18.4 Å².